The fourth-order valence-electron chi connectivity index (χ4n) is 2.58. The maximum atomic E-state index is 4.11. The van der Waals surface area contributed by atoms with E-state index in [2.05, 4.69) is 48.1 Å². The molecule has 0 bridgehead atoms. The molecule has 0 N–H and O–H groups in total. The van der Waals surface area contributed by atoms with E-state index >= 15 is 0 Å². The van der Waals surface area contributed by atoms with Gasteiger partial charge in [0.05, 0.1) is 0 Å². The molecule has 0 saturated carbocycles. The van der Waals surface area contributed by atoms with Gasteiger partial charge in [0, 0.05) is 30.2 Å². The van der Waals surface area contributed by atoms with E-state index in [1.807, 2.05) is 24.8 Å². The highest BCUT2D eigenvalue weighted by Gasteiger charge is 2.30. The Morgan fingerprint density at radius 2 is 1.12 bits per heavy atom. The maximum absolute atomic E-state index is 4.11. The molecule has 0 amide bonds. The first-order chi connectivity index (χ1) is 8.33. The van der Waals surface area contributed by atoms with Crippen molar-refractivity contribution in [3.05, 3.63) is 60.2 Å². The molecule has 88 valence electrons. The lowest BCUT2D eigenvalue weighted by atomic mass is 9.71. The van der Waals surface area contributed by atoms with E-state index in [-0.39, 0.29) is 5.41 Å². The van der Waals surface area contributed by atoms with Gasteiger partial charge in [-0.1, -0.05) is 13.8 Å². The summed E-state index contributed by atoms with van der Waals surface area (Å²) in [6.45, 7) is 4.48. The standard InChI is InChI=1S/C15H18N2/c1-3-15(4-2,13-5-9-16-10-6-13)14-7-11-17-12-8-14/h5-12H,3-4H2,1-2H3. The van der Waals surface area contributed by atoms with Crippen molar-refractivity contribution in [3.8, 4) is 0 Å². The van der Waals surface area contributed by atoms with Crippen LogP contribution in [0.15, 0.2) is 49.1 Å². The van der Waals surface area contributed by atoms with E-state index in [9.17, 15) is 0 Å². The Bertz CT molecular complexity index is 405. The molecule has 0 aliphatic rings. The van der Waals surface area contributed by atoms with Crippen LogP contribution in [0.1, 0.15) is 37.8 Å². The smallest absolute Gasteiger partial charge is 0.0270 e. The van der Waals surface area contributed by atoms with Gasteiger partial charge >= 0.3 is 0 Å². The molecule has 0 spiro atoms. The van der Waals surface area contributed by atoms with Gasteiger partial charge in [-0.15, -0.1) is 0 Å². The third-order valence-electron chi connectivity index (χ3n) is 3.67. The normalized spacial score (nSPS) is 11.4. The van der Waals surface area contributed by atoms with E-state index in [1.165, 1.54) is 11.1 Å². The lowest BCUT2D eigenvalue weighted by Crippen LogP contribution is -2.26. The molecule has 2 nitrogen and oxygen atoms in total. The largest absolute Gasteiger partial charge is 0.265 e. The van der Waals surface area contributed by atoms with Gasteiger partial charge < -0.3 is 0 Å². The third-order valence-corrected chi connectivity index (χ3v) is 3.67. The van der Waals surface area contributed by atoms with Crippen molar-refractivity contribution in [1.29, 1.82) is 0 Å². The van der Waals surface area contributed by atoms with E-state index in [0.717, 1.165) is 12.8 Å². The Labute approximate surface area is 103 Å². The number of pyridine rings is 2. The van der Waals surface area contributed by atoms with Gasteiger partial charge in [-0.3, -0.25) is 9.97 Å². The van der Waals surface area contributed by atoms with Gasteiger partial charge in [-0.05, 0) is 48.2 Å². The van der Waals surface area contributed by atoms with Crippen LogP contribution in [0, 0.1) is 0 Å². The molecule has 0 radical (unpaired) electrons. The molecule has 2 heterocycles. The fourth-order valence-corrected chi connectivity index (χ4v) is 2.58. The quantitative estimate of drug-likeness (QED) is 0.796. The lowest BCUT2D eigenvalue weighted by Gasteiger charge is -2.32. The Morgan fingerprint density at radius 1 is 0.765 bits per heavy atom. The van der Waals surface area contributed by atoms with Crippen molar-refractivity contribution < 1.29 is 0 Å². The molecule has 17 heavy (non-hydrogen) atoms. The molecule has 0 aliphatic heterocycles. The van der Waals surface area contributed by atoms with E-state index < -0.39 is 0 Å². The zero-order valence-corrected chi connectivity index (χ0v) is 10.4. The molecule has 0 aromatic carbocycles. The fraction of sp³-hybridized carbons (Fsp3) is 0.333. The van der Waals surface area contributed by atoms with Crippen molar-refractivity contribution >= 4 is 0 Å². The van der Waals surface area contributed by atoms with Gasteiger partial charge in [-0.25, -0.2) is 0 Å². The molecule has 2 aromatic heterocycles. The zero-order valence-electron chi connectivity index (χ0n) is 10.4. The van der Waals surface area contributed by atoms with E-state index in [0.29, 0.717) is 0 Å². The molecule has 0 unspecified atom stereocenters. The SMILES string of the molecule is CCC(CC)(c1ccncc1)c1ccncc1. The number of aromatic nitrogens is 2. The molecule has 2 aromatic rings. The highest BCUT2D eigenvalue weighted by atomic mass is 14.6. The van der Waals surface area contributed by atoms with Crippen LogP contribution in [0.3, 0.4) is 0 Å². The van der Waals surface area contributed by atoms with E-state index in [4.69, 9.17) is 0 Å². The first-order valence-electron chi connectivity index (χ1n) is 6.14. The molecule has 0 fully saturated rings. The van der Waals surface area contributed by atoms with Crippen LogP contribution in [0.4, 0.5) is 0 Å². The molecule has 2 heteroatoms. The molecular weight excluding hydrogens is 208 g/mol. The Kier molecular flexibility index (Phi) is 3.52. The predicted molar refractivity (Wildman–Crippen MR) is 69.8 cm³/mol. The van der Waals surface area contributed by atoms with Crippen LogP contribution in [-0.4, -0.2) is 9.97 Å². The molecular formula is C15H18N2. The van der Waals surface area contributed by atoms with Gasteiger partial charge in [0.2, 0.25) is 0 Å². The molecule has 0 aliphatic carbocycles. The summed E-state index contributed by atoms with van der Waals surface area (Å²) in [5, 5.41) is 0. The molecule has 0 saturated heterocycles. The van der Waals surface area contributed by atoms with Crippen LogP contribution in [0.2, 0.25) is 0 Å². The average Bonchev–Trinajstić information content (AvgIpc) is 2.43. The highest BCUT2D eigenvalue weighted by molar-refractivity contribution is 5.37. The summed E-state index contributed by atoms with van der Waals surface area (Å²) < 4.78 is 0. The highest BCUT2D eigenvalue weighted by Crippen LogP contribution is 2.37. The Balaban J connectivity index is 2.54. The maximum Gasteiger partial charge on any atom is 0.0270 e. The van der Waals surface area contributed by atoms with Crippen molar-refractivity contribution in [1.82, 2.24) is 9.97 Å². The Hall–Kier alpha value is -1.70. The summed E-state index contributed by atoms with van der Waals surface area (Å²) in [4.78, 5) is 8.22. The summed E-state index contributed by atoms with van der Waals surface area (Å²) >= 11 is 0. The van der Waals surface area contributed by atoms with Crippen LogP contribution in [0.5, 0.6) is 0 Å². The lowest BCUT2D eigenvalue weighted by molar-refractivity contribution is 0.477. The van der Waals surface area contributed by atoms with Crippen molar-refractivity contribution in [2.45, 2.75) is 32.1 Å². The summed E-state index contributed by atoms with van der Waals surface area (Å²) in [6.07, 6.45) is 9.65. The Morgan fingerprint density at radius 3 is 1.41 bits per heavy atom. The second-order valence-electron chi connectivity index (χ2n) is 4.26. The summed E-state index contributed by atoms with van der Waals surface area (Å²) in [5.41, 5.74) is 2.76. The monoisotopic (exact) mass is 226 g/mol. The van der Waals surface area contributed by atoms with Crippen LogP contribution < -0.4 is 0 Å². The second-order valence-corrected chi connectivity index (χ2v) is 4.26. The molecule has 0 atom stereocenters. The summed E-state index contributed by atoms with van der Waals surface area (Å²) in [6, 6.07) is 8.47. The van der Waals surface area contributed by atoms with Gasteiger partial charge in [0.15, 0.2) is 0 Å². The summed E-state index contributed by atoms with van der Waals surface area (Å²) in [5.74, 6) is 0. The van der Waals surface area contributed by atoms with E-state index in [1.54, 1.807) is 0 Å². The van der Waals surface area contributed by atoms with Crippen molar-refractivity contribution in [2.75, 3.05) is 0 Å². The first-order valence-corrected chi connectivity index (χ1v) is 6.14. The van der Waals surface area contributed by atoms with Crippen LogP contribution in [-0.2, 0) is 5.41 Å². The average molecular weight is 226 g/mol. The van der Waals surface area contributed by atoms with Gasteiger partial charge in [0.25, 0.3) is 0 Å². The minimum Gasteiger partial charge on any atom is -0.265 e. The summed E-state index contributed by atoms with van der Waals surface area (Å²) in [7, 11) is 0. The topological polar surface area (TPSA) is 25.8 Å². The third kappa shape index (κ3) is 2.07. The van der Waals surface area contributed by atoms with Crippen LogP contribution in [0.25, 0.3) is 0 Å². The number of nitrogens with zero attached hydrogens (tertiary/aromatic N) is 2. The number of hydrogen-bond acceptors (Lipinski definition) is 2. The zero-order chi connectivity index (χ0) is 12.1. The van der Waals surface area contributed by atoms with Crippen LogP contribution >= 0.6 is 0 Å². The number of rotatable bonds is 4. The second kappa shape index (κ2) is 5.09. The predicted octanol–water partition coefficient (Wildman–Crippen LogP) is 3.58. The molecule has 2 rings (SSSR count). The van der Waals surface area contributed by atoms with Crippen molar-refractivity contribution in [2.24, 2.45) is 0 Å². The minimum atomic E-state index is 0.0892. The van der Waals surface area contributed by atoms with Crippen molar-refractivity contribution in [3.63, 3.8) is 0 Å². The first kappa shape index (κ1) is 11.8. The van der Waals surface area contributed by atoms with Gasteiger partial charge in [-0.2, -0.15) is 0 Å². The minimum absolute atomic E-state index is 0.0892. The van der Waals surface area contributed by atoms with Gasteiger partial charge in [0.1, 0.15) is 0 Å². The number of hydrogen-bond donors (Lipinski definition) is 0.